The normalized spacial score (nSPS) is 17.7. The molecule has 1 fully saturated rings. The number of carbonyl (C=O) groups is 5. The SMILES string of the molecule is CCCCCCCCCCCCCCCCC/C=C\C(=O)NCCCCC(NC(=O)C1CN=C(c2ccccc2O)OC1)C(=O)OC(C)CC(=O)NC1CCCCNC1=O. The number of phenolic OH excluding ortho intramolecular Hbond substituents is 1. The minimum atomic E-state index is -1.01. The second-order valence-electron chi connectivity index (χ2n) is 16.5. The predicted octanol–water partition coefficient (Wildman–Crippen LogP) is 7.48. The van der Waals surface area contributed by atoms with Crippen LogP contribution < -0.4 is 21.3 Å². The van der Waals surface area contributed by atoms with Gasteiger partial charge >= 0.3 is 5.97 Å². The molecule has 2 aliphatic rings. The van der Waals surface area contributed by atoms with Crippen molar-refractivity contribution in [1.29, 1.82) is 0 Å². The van der Waals surface area contributed by atoms with E-state index in [9.17, 15) is 29.1 Å². The van der Waals surface area contributed by atoms with Gasteiger partial charge in [0.25, 0.3) is 0 Å². The van der Waals surface area contributed by atoms with Crippen molar-refractivity contribution in [3.63, 3.8) is 0 Å². The summed E-state index contributed by atoms with van der Waals surface area (Å²) in [4.78, 5) is 68.6. The molecule has 13 nitrogen and oxygen atoms in total. The predicted molar refractivity (Wildman–Crippen MR) is 235 cm³/mol. The molecule has 0 saturated carbocycles. The van der Waals surface area contributed by atoms with E-state index in [1.54, 1.807) is 31.2 Å². The number of para-hydroxylation sites is 1. The highest BCUT2D eigenvalue weighted by Crippen LogP contribution is 2.21. The number of carbonyl (C=O) groups excluding carboxylic acids is 5. The number of unbranched alkanes of at least 4 members (excludes halogenated alkanes) is 16. The number of allylic oxidation sites excluding steroid dienone is 1. The molecule has 0 aromatic heterocycles. The van der Waals surface area contributed by atoms with Gasteiger partial charge in [-0.15, -0.1) is 0 Å². The summed E-state index contributed by atoms with van der Waals surface area (Å²) in [6.45, 7) is 4.94. The number of rotatable bonds is 30. The minimum absolute atomic E-state index is 0.00504. The summed E-state index contributed by atoms with van der Waals surface area (Å²) in [6, 6.07) is 5.00. The summed E-state index contributed by atoms with van der Waals surface area (Å²) in [5.41, 5.74) is 0.429. The van der Waals surface area contributed by atoms with Gasteiger partial charge in [0.15, 0.2) is 0 Å². The zero-order valence-electron chi connectivity index (χ0n) is 36.6. The fourth-order valence-corrected chi connectivity index (χ4v) is 7.47. The lowest BCUT2D eigenvalue weighted by Crippen LogP contribution is -2.48. The van der Waals surface area contributed by atoms with Crippen molar-refractivity contribution >= 4 is 35.5 Å². The molecule has 3 rings (SSSR count). The van der Waals surface area contributed by atoms with Crippen LogP contribution in [0, 0.1) is 5.92 Å². The number of hydrogen-bond acceptors (Lipinski definition) is 9. The van der Waals surface area contributed by atoms with E-state index in [0.29, 0.717) is 37.9 Å². The first kappa shape index (κ1) is 49.9. The fourth-order valence-electron chi connectivity index (χ4n) is 7.47. The molecule has 13 heteroatoms. The van der Waals surface area contributed by atoms with E-state index < -0.39 is 41.9 Å². The zero-order valence-corrected chi connectivity index (χ0v) is 36.6. The molecule has 0 spiro atoms. The van der Waals surface area contributed by atoms with Crippen LogP contribution in [0.25, 0.3) is 0 Å². The summed E-state index contributed by atoms with van der Waals surface area (Å²) in [7, 11) is 0. The monoisotopic (exact) mass is 838 g/mol. The molecular formula is C47H75N5O8. The second-order valence-corrected chi connectivity index (χ2v) is 16.5. The maximum absolute atomic E-state index is 13.4. The van der Waals surface area contributed by atoms with Crippen LogP contribution in [0.2, 0.25) is 0 Å². The van der Waals surface area contributed by atoms with Crippen LogP contribution >= 0.6 is 0 Å². The number of aliphatic imine (C=N–C) groups is 1. The Balaban J connectivity index is 1.36. The summed E-state index contributed by atoms with van der Waals surface area (Å²) in [6.07, 6.45) is 26.8. The topological polar surface area (TPSA) is 185 Å². The molecule has 4 unspecified atom stereocenters. The molecular weight excluding hydrogens is 763 g/mol. The van der Waals surface area contributed by atoms with Gasteiger partial charge in [0.2, 0.25) is 29.5 Å². The molecule has 2 aliphatic heterocycles. The van der Waals surface area contributed by atoms with Crippen LogP contribution in [-0.4, -0.2) is 85.0 Å². The van der Waals surface area contributed by atoms with E-state index in [2.05, 4.69) is 33.2 Å². The smallest absolute Gasteiger partial charge is 0.328 e. The van der Waals surface area contributed by atoms with E-state index >= 15 is 0 Å². The molecule has 1 aromatic rings. The Labute approximate surface area is 359 Å². The molecule has 5 N–H and O–H groups in total. The number of aromatic hydroxyl groups is 1. The lowest BCUT2D eigenvalue weighted by Gasteiger charge is -2.25. The van der Waals surface area contributed by atoms with Gasteiger partial charge in [0.1, 0.15) is 30.5 Å². The van der Waals surface area contributed by atoms with E-state index in [1.807, 2.05) is 6.08 Å². The number of phenols is 1. The Morgan fingerprint density at radius 2 is 1.58 bits per heavy atom. The third-order valence-electron chi connectivity index (χ3n) is 11.1. The number of nitrogens with one attached hydrogen (secondary N) is 4. The first-order chi connectivity index (χ1) is 29.2. The largest absolute Gasteiger partial charge is 0.507 e. The standard InChI is InChI=1S/C47H75N5O8/c1-3-4-5-6-7-8-9-10-11-12-13-14-15-16-17-18-19-30-42(54)48-31-24-23-28-40(47(58)60-36(2)33-43(55)51-39-27-22-25-32-49-45(39)57)52-44(56)37-34-50-46(59-35-37)38-26-20-21-29-41(38)53/h19-21,26,29-30,36-37,39-40,53H,3-18,22-25,27-28,31-35H2,1-2H3,(H,48,54)(H,49,57)(H,51,55)(H,52,56)/b30-19-. The summed E-state index contributed by atoms with van der Waals surface area (Å²) in [5.74, 6) is -2.33. The second kappa shape index (κ2) is 30.6. The lowest BCUT2D eigenvalue weighted by atomic mass is 10.0. The summed E-state index contributed by atoms with van der Waals surface area (Å²) in [5, 5.41) is 21.4. The number of hydrogen-bond donors (Lipinski definition) is 5. The van der Waals surface area contributed by atoms with Crippen LogP contribution in [0.4, 0.5) is 0 Å². The van der Waals surface area contributed by atoms with E-state index in [0.717, 1.165) is 25.7 Å². The van der Waals surface area contributed by atoms with E-state index in [1.165, 1.54) is 96.0 Å². The first-order valence-electron chi connectivity index (χ1n) is 23.2. The number of ether oxygens (including phenoxy) is 2. The van der Waals surface area contributed by atoms with Gasteiger partial charge in [-0.1, -0.05) is 115 Å². The molecule has 2 heterocycles. The van der Waals surface area contributed by atoms with Crippen LogP contribution in [0.5, 0.6) is 5.75 Å². The molecule has 1 saturated heterocycles. The molecule has 0 aliphatic carbocycles. The maximum Gasteiger partial charge on any atom is 0.328 e. The molecule has 4 atom stereocenters. The number of amides is 4. The molecule has 0 bridgehead atoms. The average Bonchev–Trinajstić information content (AvgIpc) is 3.44. The van der Waals surface area contributed by atoms with Crippen LogP contribution in [0.3, 0.4) is 0 Å². The summed E-state index contributed by atoms with van der Waals surface area (Å²) >= 11 is 0. The van der Waals surface area contributed by atoms with Crippen molar-refractivity contribution in [2.45, 2.75) is 180 Å². The summed E-state index contributed by atoms with van der Waals surface area (Å²) < 4.78 is 11.4. The van der Waals surface area contributed by atoms with Gasteiger partial charge in [0, 0.05) is 13.1 Å². The molecule has 4 amide bonds. The Bertz CT molecular complexity index is 1500. The number of esters is 1. The van der Waals surface area contributed by atoms with Gasteiger partial charge in [0.05, 0.1) is 24.4 Å². The highest BCUT2D eigenvalue weighted by Gasteiger charge is 2.31. The Morgan fingerprint density at radius 1 is 0.917 bits per heavy atom. The van der Waals surface area contributed by atoms with Crippen molar-refractivity contribution in [3.05, 3.63) is 42.0 Å². The number of benzene rings is 1. The van der Waals surface area contributed by atoms with E-state index in [4.69, 9.17) is 9.47 Å². The van der Waals surface area contributed by atoms with Gasteiger partial charge in [-0.3, -0.25) is 24.2 Å². The first-order valence-corrected chi connectivity index (χ1v) is 23.2. The molecule has 60 heavy (non-hydrogen) atoms. The van der Waals surface area contributed by atoms with Crippen molar-refractivity contribution < 1.29 is 38.6 Å². The number of nitrogens with zero attached hydrogens (tertiary/aromatic N) is 1. The Hall–Kier alpha value is -4.42. The highest BCUT2D eigenvalue weighted by atomic mass is 16.5. The maximum atomic E-state index is 13.4. The van der Waals surface area contributed by atoms with Crippen molar-refractivity contribution in [2.24, 2.45) is 10.9 Å². The van der Waals surface area contributed by atoms with Crippen molar-refractivity contribution in [1.82, 2.24) is 21.3 Å². The van der Waals surface area contributed by atoms with Gasteiger partial charge in [-0.2, -0.15) is 0 Å². The molecule has 0 radical (unpaired) electrons. The van der Waals surface area contributed by atoms with E-state index in [-0.39, 0.29) is 49.5 Å². The molecule has 336 valence electrons. The van der Waals surface area contributed by atoms with Crippen LogP contribution in [-0.2, 0) is 33.4 Å². The van der Waals surface area contributed by atoms with Crippen LogP contribution in [0.1, 0.15) is 167 Å². The molecule has 1 aromatic carbocycles. The Morgan fingerprint density at radius 3 is 2.23 bits per heavy atom. The third-order valence-corrected chi connectivity index (χ3v) is 11.1. The third kappa shape index (κ3) is 21.2. The van der Waals surface area contributed by atoms with Crippen LogP contribution in [0.15, 0.2) is 41.4 Å². The minimum Gasteiger partial charge on any atom is -0.507 e. The van der Waals surface area contributed by atoms with Gasteiger partial charge in [-0.05, 0) is 76.5 Å². The Kier molecular flexibility index (Phi) is 25.5. The highest BCUT2D eigenvalue weighted by molar-refractivity contribution is 5.98. The quantitative estimate of drug-likeness (QED) is 0.0300. The fraction of sp³-hybridized carbons (Fsp3) is 0.702. The van der Waals surface area contributed by atoms with Gasteiger partial charge in [-0.25, -0.2) is 4.79 Å². The average molecular weight is 838 g/mol. The lowest BCUT2D eigenvalue weighted by molar-refractivity contribution is -0.154. The van der Waals surface area contributed by atoms with Crippen molar-refractivity contribution in [3.8, 4) is 5.75 Å². The zero-order chi connectivity index (χ0) is 43.2. The van der Waals surface area contributed by atoms with Gasteiger partial charge < -0.3 is 35.8 Å². The van der Waals surface area contributed by atoms with Crippen molar-refractivity contribution in [2.75, 3.05) is 26.2 Å².